The van der Waals surface area contributed by atoms with Crippen molar-refractivity contribution in [1.82, 2.24) is 0 Å². The van der Waals surface area contributed by atoms with E-state index in [0.717, 1.165) is 51.4 Å². The Hall–Kier alpha value is -3.16. The van der Waals surface area contributed by atoms with Gasteiger partial charge in [-0.1, -0.05) is 38.5 Å². The zero-order chi connectivity index (χ0) is 24.5. The van der Waals surface area contributed by atoms with Crippen LogP contribution in [-0.4, -0.2) is 21.8 Å². The zero-order valence-electron chi connectivity index (χ0n) is 19.4. The van der Waals surface area contributed by atoms with Gasteiger partial charge in [-0.3, -0.25) is 9.59 Å². The Morgan fingerprint density at radius 3 is 1.18 bits per heavy atom. The van der Waals surface area contributed by atoms with Crippen molar-refractivity contribution in [1.29, 1.82) is 0 Å². The number of carbonyl (C=O) groups excluding carboxylic acids is 2. The molecular weight excluding hydrogens is 440 g/mol. The van der Waals surface area contributed by atoms with Gasteiger partial charge in [0, 0.05) is 37.8 Å². The van der Waals surface area contributed by atoms with Crippen molar-refractivity contribution in [3.8, 4) is 11.5 Å². The lowest BCUT2D eigenvalue weighted by Crippen LogP contribution is -2.15. The second-order valence-electron chi connectivity index (χ2n) is 8.90. The fourth-order valence-electron chi connectivity index (χ4n) is 4.30. The van der Waals surface area contributed by atoms with Crippen molar-refractivity contribution in [2.45, 2.75) is 89.9 Å². The van der Waals surface area contributed by atoms with E-state index in [2.05, 4.69) is 0 Å². The summed E-state index contributed by atoms with van der Waals surface area (Å²) in [7, 11) is 0. The van der Waals surface area contributed by atoms with Gasteiger partial charge in [0.1, 0.15) is 34.1 Å². The zero-order valence-corrected chi connectivity index (χ0v) is 19.4. The second kappa shape index (κ2) is 12.3. The van der Waals surface area contributed by atoms with E-state index in [4.69, 9.17) is 8.83 Å². The van der Waals surface area contributed by atoms with E-state index in [1.54, 1.807) is 0 Å². The van der Waals surface area contributed by atoms with E-state index in [0.29, 0.717) is 37.2 Å². The molecule has 0 radical (unpaired) electrons. The van der Waals surface area contributed by atoms with E-state index in [1.165, 1.54) is 12.1 Å². The highest BCUT2D eigenvalue weighted by Gasteiger charge is 2.20. The summed E-state index contributed by atoms with van der Waals surface area (Å²) in [6.45, 7) is 0. The van der Waals surface area contributed by atoms with Crippen LogP contribution >= 0.6 is 0 Å². The summed E-state index contributed by atoms with van der Waals surface area (Å²) in [5.74, 6) is -0.791. The number of Topliss-reactive ketones (excluding diaryl/α,β-unsaturated/α-hetero) is 2. The van der Waals surface area contributed by atoms with Crippen LogP contribution < -0.4 is 11.3 Å². The Morgan fingerprint density at radius 2 is 0.824 bits per heavy atom. The molecule has 4 bridgehead atoms. The summed E-state index contributed by atoms with van der Waals surface area (Å²) in [6, 6.07) is 2.71. The minimum atomic E-state index is -0.789. The predicted molar refractivity (Wildman–Crippen MR) is 125 cm³/mol. The van der Waals surface area contributed by atoms with Gasteiger partial charge in [0.25, 0.3) is 0 Å². The van der Waals surface area contributed by atoms with Crippen LogP contribution in [0.2, 0.25) is 0 Å². The number of carbonyl (C=O) groups is 2. The van der Waals surface area contributed by atoms with Crippen LogP contribution in [0.4, 0.5) is 0 Å². The van der Waals surface area contributed by atoms with Gasteiger partial charge >= 0.3 is 11.3 Å². The number of aromatic hydroxyl groups is 2. The summed E-state index contributed by atoms with van der Waals surface area (Å²) in [5, 5.41) is 20.4. The maximum atomic E-state index is 12.4. The van der Waals surface area contributed by atoms with Gasteiger partial charge in [-0.05, 0) is 25.7 Å². The summed E-state index contributed by atoms with van der Waals surface area (Å²) >= 11 is 0. The largest absolute Gasteiger partial charge is 0.507 e. The smallest absolute Gasteiger partial charge is 0.350 e. The molecule has 34 heavy (non-hydrogen) atoms. The highest BCUT2D eigenvalue weighted by atomic mass is 16.4. The molecule has 184 valence electrons. The Morgan fingerprint density at radius 1 is 0.500 bits per heavy atom. The maximum absolute atomic E-state index is 12.4. The number of aryl methyl sites for hydroxylation is 2. The molecule has 8 nitrogen and oxygen atoms in total. The molecule has 0 aromatic carbocycles. The average Bonchev–Trinajstić information content (AvgIpc) is 2.76. The van der Waals surface area contributed by atoms with Crippen LogP contribution in [0.1, 0.15) is 109 Å². The lowest BCUT2D eigenvalue weighted by molar-refractivity contribution is 0.0963. The van der Waals surface area contributed by atoms with E-state index in [9.17, 15) is 29.4 Å². The Balaban J connectivity index is 1.67. The van der Waals surface area contributed by atoms with Gasteiger partial charge in [0.05, 0.1) is 0 Å². The summed E-state index contributed by atoms with van der Waals surface area (Å²) in [6.07, 6.45) is 8.63. The Labute approximate surface area is 197 Å². The molecule has 2 N–H and O–H groups in total. The third kappa shape index (κ3) is 6.92. The topological polar surface area (TPSA) is 135 Å². The molecule has 0 saturated carbocycles. The van der Waals surface area contributed by atoms with Crippen LogP contribution in [0, 0.1) is 0 Å². The van der Waals surface area contributed by atoms with Crippen LogP contribution in [0.3, 0.4) is 0 Å². The first-order valence-corrected chi connectivity index (χ1v) is 12.1. The second-order valence-corrected chi connectivity index (χ2v) is 8.90. The molecule has 0 fully saturated rings. The molecule has 2 aromatic rings. The molecule has 8 heteroatoms. The molecule has 3 aliphatic heterocycles. The molecule has 6 rings (SSSR count). The van der Waals surface area contributed by atoms with Gasteiger partial charge < -0.3 is 19.0 Å². The normalized spacial score (nSPS) is 17.5. The fourth-order valence-corrected chi connectivity index (χ4v) is 4.30. The van der Waals surface area contributed by atoms with Gasteiger partial charge in [-0.15, -0.1) is 0 Å². The van der Waals surface area contributed by atoms with Crippen molar-refractivity contribution in [3.05, 3.63) is 55.6 Å². The average molecular weight is 473 g/mol. The summed E-state index contributed by atoms with van der Waals surface area (Å²) in [5.41, 5.74) is -2.13. The van der Waals surface area contributed by atoms with Gasteiger partial charge in [0.15, 0.2) is 11.6 Å². The van der Waals surface area contributed by atoms with E-state index in [1.807, 2.05) is 0 Å². The minimum absolute atomic E-state index is 0.149. The monoisotopic (exact) mass is 472 g/mol. The first-order valence-electron chi connectivity index (χ1n) is 12.1. The van der Waals surface area contributed by atoms with Crippen molar-refractivity contribution >= 4 is 11.6 Å². The highest BCUT2D eigenvalue weighted by Crippen LogP contribution is 2.22. The van der Waals surface area contributed by atoms with Crippen LogP contribution in [-0.2, 0) is 12.8 Å². The molecule has 2 aromatic heterocycles. The lowest BCUT2D eigenvalue weighted by atomic mass is 10.0. The quantitative estimate of drug-likeness (QED) is 0.555. The van der Waals surface area contributed by atoms with Crippen LogP contribution in [0.25, 0.3) is 0 Å². The number of hydrogen-bond donors (Lipinski definition) is 2. The Bertz CT molecular complexity index is 1040. The highest BCUT2D eigenvalue weighted by molar-refractivity contribution is 5.98. The molecule has 5 heterocycles. The Kier molecular flexibility index (Phi) is 9.24. The minimum Gasteiger partial charge on any atom is -0.507 e. The fraction of sp³-hybridized carbons (Fsp3) is 0.538. The van der Waals surface area contributed by atoms with Crippen LogP contribution in [0.5, 0.6) is 11.5 Å². The van der Waals surface area contributed by atoms with E-state index < -0.39 is 22.8 Å². The number of ketones is 2. The summed E-state index contributed by atoms with van der Waals surface area (Å²) in [4.78, 5) is 49.3. The SMILES string of the molecule is O=C1CCCCCCCc2cc(O)c(c(=O)o2)C(=O)CCCCCCCc2cc(O)c1c(=O)o2. The third-order valence-electron chi connectivity index (χ3n) is 6.18. The van der Waals surface area contributed by atoms with Gasteiger partial charge in [-0.25, -0.2) is 9.59 Å². The molecule has 1 aliphatic carbocycles. The standard InChI is InChI=1S/C26H32O8/c27-19-13-9-5-1-3-7-11-17-15-21(29)24(26(32)33-17)20(28)14-10-6-2-4-8-12-18-16-22(30)23(19)25(31)34-18/h15-16,29-30H,1-14H2. The van der Waals surface area contributed by atoms with E-state index in [-0.39, 0.29) is 35.5 Å². The lowest BCUT2D eigenvalue weighted by Gasteiger charge is -2.07. The van der Waals surface area contributed by atoms with Crippen molar-refractivity contribution < 1.29 is 28.6 Å². The molecule has 0 spiro atoms. The van der Waals surface area contributed by atoms with Crippen LogP contribution in [0.15, 0.2) is 30.6 Å². The molecule has 0 amide bonds. The third-order valence-corrected chi connectivity index (χ3v) is 6.18. The number of rotatable bonds is 0. The van der Waals surface area contributed by atoms with Gasteiger partial charge in [-0.2, -0.15) is 0 Å². The van der Waals surface area contributed by atoms with Gasteiger partial charge in [0.2, 0.25) is 0 Å². The first kappa shape index (κ1) is 25.5. The van der Waals surface area contributed by atoms with Crippen molar-refractivity contribution in [2.75, 3.05) is 0 Å². The van der Waals surface area contributed by atoms with Crippen molar-refractivity contribution in [3.63, 3.8) is 0 Å². The molecule has 0 unspecified atom stereocenters. The molecule has 4 aliphatic rings. The molecule has 0 saturated heterocycles. The number of hydrogen-bond acceptors (Lipinski definition) is 8. The van der Waals surface area contributed by atoms with E-state index >= 15 is 0 Å². The maximum Gasteiger partial charge on any atom is 0.350 e. The molecule has 0 atom stereocenters. The molecular formula is C26H32O8. The summed E-state index contributed by atoms with van der Waals surface area (Å²) < 4.78 is 10.5. The first-order chi connectivity index (χ1) is 16.4. The van der Waals surface area contributed by atoms with Crippen molar-refractivity contribution in [2.24, 2.45) is 0 Å². The predicted octanol–water partition coefficient (Wildman–Crippen LogP) is 4.85.